The van der Waals surface area contributed by atoms with Crippen molar-refractivity contribution in [3.63, 3.8) is 0 Å². The Morgan fingerprint density at radius 3 is 2.35 bits per heavy atom. The molecule has 0 spiro atoms. The summed E-state index contributed by atoms with van der Waals surface area (Å²) in [7, 11) is 0. The van der Waals surface area contributed by atoms with Gasteiger partial charge in [-0.3, -0.25) is 9.69 Å². The molecule has 0 aromatic heterocycles. The molecule has 0 aliphatic carbocycles. The van der Waals surface area contributed by atoms with E-state index in [0.29, 0.717) is 5.56 Å². The normalized spacial score (nSPS) is 16.2. The van der Waals surface area contributed by atoms with E-state index in [0.717, 1.165) is 32.7 Å². The summed E-state index contributed by atoms with van der Waals surface area (Å²) in [4.78, 5) is 13.3. The van der Waals surface area contributed by atoms with Crippen LogP contribution in [0.3, 0.4) is 0 Å². The van der Waals surface area contributed by atoms with Crippen molar-refractivity contribution < 1.29 is 4.79 Å². The first-order valence-corrected chi connectivity index (χ1v) is 5.57. The molecule has 0 bridgehead atoms. The van der Waals surface area contributed by atoms with Crippen LogP contribution in [-0.2, 0) is 6.54 Å². The van der Waals surface area contributed by atoms with Crippen molar-refractivity contribution in [3.8, 4) is 0 Å². The molecule has 17 heavy (non-hydrogen) atoms. The largest absolute Gasteiger partial charge is 0.366 e. The zero-order chi connectivity index (χ0) is 11.4. The molecule has 5 heteroatoms. The fourth-order valence-electron chi connectivity index (χ4n) is 1.90. The molecule has 0 radical (unpaired) electrons. The van der Waals surface area contributed by atoms with E-state index in [1.807, 2.05) is 12.1 Å². The van der Waals surface area contributed by atoms with Crippen molar-refractivity contribution in [1.82, 2.24) is 10.2 Å². The fraction of sp³-hybridized carbons (Fsp3) is 0.417. The van der Waals surface area contributed by atoms with E-state index in [9.17, 15) is 4.79 Å². The smallest absolute Gasteiger partial charge is 0.248 e. The Kier molecular flexibility index (Phi) is 5.41. The number of benzene rings is 1. The van der Waals surface area contributed by atoms with Crippen LogP contribution in [-0.4, -0.2) is 37.0 Å². The molecule has 1 fully saturated rings. The predicted octanol–water partition coefficient (Wildman–Crippen LogP) is 0.612. The van der Waals surface area contributed by atoms with Gasteiger partial charge in [-0.2, -0.15) is 0 Å². The Bertz CT molecular complexity index is 361. The number of carbonyl (C=O) groups is 1. The lowest BCUT2D eigenvalue weighted by Crippen LogP contribution is -2.42. The lowest BCUT2D eigenvalue weighted by molar-refractivity contribution is 0.100. The second-order valence-corrected chi connectivity index (χ2v) is 4.09. The van der Waals surface area contributed by atoms with Gasteiger partial charge in [-0.25, -0.2) is 0 Å². The Labute approximate surface area is 108 Å². The summed E-state index contributed by atoms with van der Waals surface area (Å²) >= 11 is 0. The van der Waals surface area contributed by atoms with Crippen LogP contribution < -0.4 is 11.1 Å². The minimum atomic E-state index is -0.367. The Balaban J connectivity index is 0.00000144. The molecule has 0 unspecified atom stereocenters. The first-order valence-electron chi connectivity index (χ1n) is 5.57. The van der Waals surface area contributed by atoms with Gasteiger partial charge in [0.1, 0.15) is 0 Å². The first kappa shape index (κ1) is 14.0. The van der Waals surface area contributed by atoms with Crippen molar-refractivity contribution in [3.05, 3.63) is 35.4 Å². The highest BCUT2D eigenvalue weighted by atomic mass is 35.5. The van der Waals surface area contributed by atoms with Gasteiger partial charge in [0.25, 0.3) is 0 Å². The molecule has 0 saturated carbocycles. The molecule has 1 heterocycles. The van der Waals surface area contributed by atoms with Gasteiger partial charge in [-0.05, 0) is 17.7 Å². The quantitative estimate of drug-likeness (QED) is 0.832. The first-order chi connectivity index (χ1) is 7.75. The highest BCUT2D eigenvalue weighted by molar-refractivity contribution is 5.92. The van der Waals surface area contributed by atoms with Crippen LogP contribution in [0.2, 0.25) is 0 Å². The third kappa shape index (κ3) is 4.00. The van der Waals surface area contributed by atoms with Gasteiger partial charge in [0, 0.05) is 38.3 Å². The summed E-state index contributed by atoms with van der Waals surface area (Å²) in [5.74, 6) is -0.367. The molecular formula is C12H18ClN3O. The molecule has 0 atom stereocenters. The maximum Gasteiger partial charge on any atom is 0.248 e. The number of hydrogen-bond donors (Lipinski definition) is 2. The number of piperazine rings is 1. The number of nitrogens with one attached hydrogen (secondary N) is 1. The van der Waals surface area contributed by atoms with Crippen LogP contribution in [0.1, 0.15) is 15.9 Å². The predicted molar refractivity (Wildman–Crippen MR) is 70.4 cm³/mol. The van der Waals surface area contributed by atoms with Crippen molar-refractivity contribution in [2.45, 2.75) is 6.54 Å². The second-order valence-electron chi connectivity index (χ2n) is 4.09. The highest BCUT2D eigenvalue weighted by Crippen LogP contribution is 2.07. The number of nitrogens with two attached hydrogens (primary N) is 1. The van der Waals surface area contributed by atoms with Gasteiger partial charge in [-0.15, -0.1) is 12.4 Å². The molecule has 1 amide bonds. The number of amides is 1. The third-order valence-corrected chi connectivity index (χ3v) is 2.85. The number of primary amides is 1. The molecule has 1 aliphatic rings. The van der Waals surface area contributed by atoms with E-state index in [4.69, 9.17) is 5.73 Å². The molecule has 2 rings (SSSR count). The van der Waals surface area contributed by atoms with Crippen LogP contribution >= 0.6 is 12.4 Å². The lowest BCUT2D eigenvalue weighted by atomic mass is 10.1. The van der Waals surface area contributed by atoms with Crippen LogP contribution in [0.4, 0.5) is 0 Å². The Morgan fingerprint density at radius 2 is 1.82 bits per heavy atom. The maximum absolute atomic E-state index is 10.9. The van der Waals surface area contributed by atoms with E-state index in [-0.39, 0.29) is 18.3 Å². The number of rotatable bonds is 3. The summed E-state index contributed by atoms with van der Waals surface area (Å²) in [5, 5.41) is 3.32. The van der Waals surface area contributed by atoms with E-state index in [1.54, 1.807) is 12.1 Å². The zero-order valence-corrected chi connectivity index (χ0v) is 10.5. The number of halogens is 1. The third-order valence-electron chi connectivity index (χ3n) is 2.85. The topological polar surface area (TPSA) is 58.4 Å². The van der Waals surface area contributed by atoms with Gasteiger partial charge in [0.15, 0.2) is 0 Å². The van der Waals surface area contributed by atoms with E-state index in [2.05, 4.69) is 10.2 Å². The minimum Gasteiger partial charge on any atom is -0.366 e. The average molecular weight is 256 g/mol. The standard InChI is InChI=1S/C12H17N3O.ClH/c13-12(16)11-3-1-10(2-4-11)9-15-7-5-14-6-8-15;/h1-4,14H,5-9H2,(H2,13,16);1H. The van der Waals surface area contributed by atoms with Gasteiger partial charge >= 0.3 is 0 Å². The van der Waals surface area contributed by atoms with E-state index >= 15 is 0 Å². The van der Waals surface area contributed by atoms with E-state index < -0.39 is 0 Å². The Morgan fingerprint density at radius 1 is 1.24 bits per heavy atom. The van der Waals surface area contributed by atoms with Crippen LogP contribution in [0.15, 0.2) is 24.3 Å². The monoisotopic (exact) mass is 255 g/mol. The van der Waals surface area contributed by atoms with Crippen LogP contribution in [0.5, 0.6) is 0 Å². The molecular weight excluding hydrogens is 238 g/mol. The minimum absolute atomic E-state index is 0. The average Bonchev–Trinajstić information content (AvgIpc) is 2.31. The summed E-state index contributed by atoms with van der Waals surface area (Å²) in [6.07, 6.45) is 0. The molecule has 1 aliphatic heterocycles. The number of carbonyl (C=O) groups excluding carboxylic acids is 1. The van der Waals surface area contributed by atoms with Crippen LogP contribution in [0.25, 0.3) is 0 Å². The summed E-state index contributed by atoms with van der Waals surface area (Å²) in [6.45, 7) is 5.22. The molecule has 94 valence electrons. The molecule has 4 nitrogen and oxygen atoms in total. The second kappa shape index (κ2) is 6.59. The van der Waals surface area contributed by atoms with Crippen molar-refractivity contribution >= 4 is 18.3 Å². The van der Waals surface area contributed by atoms with Gasteiger partial charge < -0.3 is 11.1 Å². The molecule has 3 N–H and O–H groups in total. The fourth-order valence-corrected chi connectivity index (χ4v) is 1.90. The van der Waals surface area contributed by atoms with Crippen molar-refractivity contribution in [2.75, 3.05) is 26.2 Å². The number of hydrogen-bond acceptors (Lipinski definition) is 3. The van der Waals surface area contributed by atoms with Crippen molar-refractivity contribution in [1.29, 1.82) is 0 Å². The highest BCUT2D eigenvalue weighted by Gasteiger charge is 2.09. The zero-order valence-electron chi connectivity index (χ0n) is 9.69. The van der Waals surface area contributed by atoms with Crippen molar-refractivity contribution in [2.24, 2.45) is 5.73 Å². The maximum atomic E-state index is 10.9. The molecule has 1 saturated heterocycles. The van der Waals surface area contributed by atoms with Gasteiger partial charge in [-0.1, -0.05) is 12.1 Å². The van der Waals surface area contributed by atoms with Crippen LogP contribution in [0, 0.1) is 0 Å². The molecule has 1 aromatic rings. The van der Waals surface area contributed by atoms with Gasteiger partial charge in [0.2, 0.25) is 5.91 Å². The summed E-state index contributed by atoms with van der Waals surface area (Å²) in [5.41, 5.74) is 6.99. The number of nitrogens with zero attached hydrogens (tertiary/aromatic N) is 1. The SMILES string of the molecule is Cl.NC(=O)c1ccc(CN2CCNCC2)cc1. The summed E-state index contributed by atoms with van der Waals surface area (Å²) in [6, 6.07) is 7.53. The lowest BCUT2D eigenvalue weighted by Gasteiger charge is -2.27. The summed E-state index contributed by atoms with van der Waals surface area (Å²) < 4.78 is 0. The molecule has 1 aromatic carbocycles. The van der Waals surface area contributed by atoms with Gasteiger partial charge in [0.05, 0.1) is 0 Å². The Hall–Kier alpha value is -1.10. The van der Waals surface area contributed by atoms with E-state index in [1.165, 1.54) is 5.56 Å².